The Kier molecular flexibility index (Phi) is 6.31. The number of nitrogens with one attached hydrogen (secondary N) is 1. The lowest BCUT2D eigenvalue weighted by Gasteiger charge is -2.30. The summed E-state index contributed by atoms with van der Waals surface area (Å²) in [5, 5.41) is 4.27. The van der Waals surface area contributed by atoms with Crippen molar-refractivity contribution in [2.45, 2.75) is 56.9 Å². The largest absolute Gasteiger partial charge is 0.310 e. The maximum atomic E-state index is 11.5. The van der Waals surface area contributed by atoms with Gasteiger partial charge in [0.15, 0.2) is 9.84 Å². The number of thioether (sulfide) groups is 1. The predicted octanol–water partition coefficient (Wildman–Crippen LogP) is 2.07. The Morgan fingerprint density at radius 1 is 1.29 bits per heavy atom. The van der Waals surface area contributed by atoms with Gasteiger partial charge in [0.2, 0.25) is 0 Å². The molecular weight excluding hydrogens is 254 g/mol. The molecule has 5 heteroatoms. The van der Waals surface area contributed by atoms with Crippen molar-refractivity contribution in [2.75, 3.05) is 17.8 Å². The molecule has 1 saturated carbocycles. The molecule has 0 saturated heterocycles. The van der Waals surface area contributed by atoms with E-state index in [1.807, 2.05) is 18.7 Å². The van der Waals surface area contributed by atoms with Crippen molar-refractivity contribution >= 4 is 21.6 Å². The minimum Gasteiger partial charge on any atom is -0.310 e. The summed E-state index contributed by atoms with van der Waals surface area (Å²) in [5.41, 5.74) is 0. The fraction of sp³-hybridized carbons (Fsp3) is 1.00. The van der Waals surface area contributed by atoms with E-state index in [1.165, 1.54) is 25.7 Å². The maximum Gasteiger partial charge on any atom is 0.151 e. The molecule has 0 aliphatic heterocycles. The van der Waals surface area contributed by atoms with Crippen LogP contribution >= 0.6 is 11.8 Å². The zero-order chi connectivity index (χ0) is 12.9. The Labute approximate surface area is 110 Å². The monoisotopic (exact) mass is 279 g/mol. The van der Waals surface area contributed by atoms with Crippen LogP contribution < -0.4 is 5.32 Å². The van der Waals surface area contributed by atoms with Gasteiger partial charge in [-0.15, -0.1) is 0 Å². The summed E-state index contributed by atoms with van der Waals surface area (Å²) in [5.74, 6) is 0.518. The van der Waals surface area contributed by atoms with E-state index < -0.39 is 9.84 Å². The van der Waals surface area contributed by atoms with Crippen LogP contribution in [0, 0.1) is 0 Å². The lowest BCUT2D eigenvalue weighted by atomic mass is 9.94. The smallest absolute Gasteiger partial charge is 0.151 e. The number of rotatable bonds is 6. The first kappa shape index (κ1) is 15.3. The quantitative estimate of drug-likeness (QED) is 0.808. The van der Waals surface area contributed by atoms with E-state index in [0.717, 1.165) is 5.25 Å². The first-order chi connectivity index (χ1) is 7.96. The Morgan fingerprint density at radius 2 is 1.88 bits per heavy atom. The highest BCUT2D eigenvalue weighted by molar-refractivity contribution is 7.99. The second-order valence-corrected chi connectivity index (χ2v) is 8.51. The molecule has 1 rings (SSSR count). The van der Waals surface area contributed by atoms with Crippen molar-refractivity contribution in [3.63, 3.8) is 0 Å². The van der Waals surface area contributed by atoms with Crippen molar-refractivity contribution in [1.82, 2.24) is 5.32 Å². The summed E-state index contributed by atoms with van der Waals surface area (Å²) in [6, 6.07) is 0.594. The van der Waals surface area contributed by atoms with Gasteiger partial charge < -0.3 is 5.32 Å². The zero-order valence-corrected chi connectivity index (χ0v) is 12.7. The first-order valence-corrected chi connectivity index (χ1v) is 9.57. The highest BCUT2D eigenvalue weighted by Crippen LogP contribution is 2.27. The van der Waals surface area contributed by atoms with Crippen LogP contribution in [0.5, 0.6) is 0 Å². The summed E-state index contributed by atoms with van der Waals surface area (Å²) in [7, 11) is -2.85. The number of hydrogen-bond donors (Lipinski definition) is 1. The second kappa shape index (κ2) is 7.00. The molecule has 0 radical (unpaired) electrons. The summed E-state index contributed by atoms with van der Waals surface area (Å²) >= 11 is 1.96. The summed E-state index contributed by atoms with van der Waals surface area (Å²) in [6.07, 6.45) is 7.05. The zero-order valence-electron chi connectivity index (χ0n) is 11.1. The Hall–Kier alpha value is 0.260. The maximum absolute atomic E-state index is 11.5. The van der Waals surface area contributed by atoms with Gasteiger partial charge in [0.25, 0.3) is 0 Å². The minimum atomic E-state index is -2.85. The van der Waals surface area contributed by atoms with E-state index in [1.54, 1.807) is 6.92 Å². The highest BCUT2D eigenvalue weighted by atomic mass is 32.2. The van der Waals surface area contributed by atoms with Gasteiger partial charge in [0.1, 0.15) is 0 Å². The average Bonchev–Trinajstić information content (AvgIpc) is 2.29. The first-order valence-electron chi connectivity index (χ1n) is 6.46. The average molecular weight is 279 g/mol. The topological polar surface area (TPSA) is 46.2 Å². The van der Waals surface area contributed by atoms with Gasteiger partial charge >= 0.3 is 0 Å². The molecule has 1 aliphatic rings. The summed E-state index contributed by atoms with van der Waals surface area (Å²) in [4.78, 5) is 0. The Balaban J connectivity index is 2.30. The fourth-order valence-electron chi connectivity index (χ4n) is 2.41. The third-order valence-electron chi connectivity index (χ3n) is 3.47. The van der Waals surface area contributed by atoms with E-state index in [4.69, 9.17) is 0 Å². The second-order valence-electron chi connectivity index (χ2n) is 4.98. The predicted molar refractivity (Wildman–Crippen MR) is 76.5 cm³/mol. The van der Waals surface area contributed by atoms with Crippen molar-refractivity contribution in [3.05, 3.63) is 0 Å². The van der Waals surface area contributed by atoms with Crippen LogP contribution in [0.2, 0.25) is 0 Å². The third kappa shape index (κ3) is 5.62. The Bertz CT molecular complexity index is 308. The summed E-state index contributed by atoms with van der Waals surface area (Å²) in [6.45, 7) is 3.69. The highest BCUT2D eigenvalue weighted by Gasteiger charge is 2.22. The van der Waals surface area contributed by atoms with E-state index >= 15 is 0 Å². The lowest BCUT2D eigenvalue weighted by molar-refractivity contribution is 0.358. The van der Waals surface area contributed by atoms with E-state index in [2.05, 4.69) is 11.6 Å². The SMILES string of the molecule is CCS(=O)(=O)CC(C)NC1CCC(SC)CC1. The molecule has 1 atom stereocenters. The normalized spacial score (nSPS) is 27.9. The molecule has 102 valence electrons. The third-order valence-corrected chi connectivity index (χ3v) is 6.50. The van der Waals surface area contributed by atoms with Crippen molar-refractivity contribution in [3.8, 4) is 0 Å². The fourth-order valence-corrected chi connectivity index (χ4v) is 4.25. The molecule has 1 fully saturated rings. The molecule has 1 aliphatic carbocycles. The van der Waals surface area contributed by atoms with Gasteiger partial charge in [-0.1, -0.05) is 6.92 Å². The lowest BCUT2D eigenvalue weighted by Crippen LogP contribution is -2.42. The van der Waals surface area contributed by atoms with Gasteiger partial charge in [-0.3, -0.25) is 0 Å². The van der Waals surface area contributed by atoms with Crippen LogP contribution in [0.4, 0.5) is 0 Å². The molecule has 0 bridgehead atoms. The molecule has 0 heterocycles. The standard InChI is InChI=1S/C12H25NO2S2/c1-4-17(14,15)9-10(2)13-11-5-7-12(16-3)8-6-11/h10-13H,4-9H2,1-3H3. The van der Waals surface area contributed by atoms with Crippen LogP contribution in [0.15, 0.2) is 0 Å². The van der Waals surface area contributed by atoms with Crippen molar-refractivity contribution in [1.29, 1.82) is 0 Å². The van der Waals surface area contributed by atoms with Crippen LogP contribution in [-0.2, 0) is 9.84 Å². The molecule has 0 aromatic rings. The molecule has 0 aromatic carbocycles. The molecule has 0 spiro atoms. The van der Waals surface area contributed by atoms with Crippen LogP contribution in [0.1, 0.15) is 39.5 Å². The van der Waals surface area contributed by atoms with Crippen molar-refractivity contribution in [2.24, 2.45) is 0 Å². The van der Waals surface area contributed by atoms with Gasteiger partial charge in [-0.2, -0.15) is 11.8 Å². The molecule has 0 amide bonds. The number of hydrogen-bond acceptors (Lipinski definition) is 4. The minimum absolute atomic E-state index is 0.0794. The molecular formula is C12H25NO2S2. The van der Waals surface area contributed by atoms with Gasteiger partial charge in [0, 0.05) is 23.1 Å². The van der Waals surface area contributed by atoms with Gasteiger partial charge in [0.05, 0.1) is 5.75 Å². The van der Waals surface area contributed by atoms with E-state index in [9.17, 15) is 8.42 Å². The number of sulfone groups is 1. The Morgan fingerprint density at radius 3 is 2.35 bits per heavy atom. The van der Waals surface area contributed by atoms with Crippen LogP contribution in [-0.4, -0.2) is 43.5 Å². The molecule has 3 nitrogen and oxygen atoms in total. The molecule has 1 unspecified atom stereocenters. The van der Waals surface area contributed by atoms with Gasteiger partial charge in [-0.05, 0) is 38.9 Å². The summed E-state index contributed by atoms with van der Waals surface area (Å²) < 4.78 is 23.0. The van der Waals surface area contributed by atoms with Gasteiger partial charge in [-0.25, -0.2) is 8.42 Å². The van der Waals surface area contributed by atoms with Crippen molar-refractivity contribution < 1.29 is 8.42 Å². The van der Waals surface area contributed by atoms with Crippen LogP contribution in [0.3, 0.4) is 0 Å². The molecule has 17 heavy (non-hydrogen) atoms. The van der Waals surface area contributed by atoms with E-state index in [-0.39, 0.29) is 17.5 Å². The molecule has 0 aromatic heterocycles. The van der Waals surface area contributed by atoms with E-state index in [0.29, 0.717) is 6.04 Å². The molecule has 1 N–H and O–H groups in total. The van der Waals surface area contributed by atoms with Crippen LogP contribution in [0.25, 0.3) is 0 Å².